The number of nitrogens with zero attached hydrogens (tertiary/aromatic N) is 3. The zero-order valence-corrected chi connectivity index (χ0v) is 18.5. The summed E-state index contributed by atoms with van der Waals surface area (Å²) in [5.74, 6) is 0.795. The summed E-state index contributed by atoms with van der Waals surface area (Å²) in [6, 6.07) is 6.28. The Morgan fingerprint density at radius 3 is 2.81 bits per heavy atom. The van der Waals surface area contributed by atoms with Crippen LogP contribution in [0.5, 0.6) is 11.5 Å². The fourth-order valence-electron chi connectivity index (χ4n) is 5.27. The summed E-state index contributed by atoms with van der Waals surface area (Å²) in [7, 11) is 0. The number of rotatable bonds is 4. The molecule has 2 N–H and O–H groups in total. The van der Waals surface area contributed by atoms with Gasteiger partial charge in [0.15, 0.2) is 23.1 Å². The first-order valence-corrected chi connectivity index (χ1v) is 11.0. The van der Waals surface area contributed by atoms with Gasteiger partial charge >= 0.3 is 0 Å². The minimum absolute atomic E-state index is 0.0991. The SMILES string of the molecule is CC1(C)Oc2ccc(Nc3ncc(F)c(N[C@@H]4C[C@@H]5CCCN5C(C)(C)C4)n3)cc2O1. The van der Waals surface area contributed by atoms with Crippen molar-refractivity contribution in [1.29, 1.82) is 0 Å². The lowest BCUT2D eigenvalue weighted by Gasteiger charge is -2.47. The molecule has 0 spiro atoms. The van der Waals surface area contributed by atoms with Crippen molar-refractivity contribution in [3.8, 4) is 11.5 Å². The van der Waals surface area contributed by atoms with Crippen molar-refractivity contribution < 1.29 is 13.9 Å². The average molecular weight is 428 g/mol. The van der Waals surface area contributed by atoms with Crippen LogP contribution in [0, 0.1) is 5.82 Å². The third kappa shape index (κ3) is 4.01. The fourth-order valence-corrected chi connectivity index (χ4v) is 5.27. The van der Waals surface area contributed by atoms with Crippen molar-refractivity contribution in [2.45, 2.75) is 76.8 Å². The van der Waals surface area contributed by atoms with Crippen LogP contribution in [0.3, 0.4) is 0 Å². The van der Waals surface area contributed by atoms with E-state index in [1.807, 2.05) is 32.0 Å². The van der Waals surface area contributed by atoms with Gasteiger partial charge in [0, 0.05) is 43.2 Å². The van der Waals surface area contributed by atoms with Gasteiger partial charge in [0.25, 0.3) is 0 Å². The summed E-state index contributed by atoms with van der Waals surface area (Å²) in [5.41, 5.74) is 0.847. The lowest BCUT2D eigenvalue weighted by Crippen LogP contribution is -2.55. The first-order chi connectivity index (χ1) is 14.7. The largest absolute Gasteiger partial charge is 0.449 e. The van der Waals surface area contributed by atoms with Crippen LogP contribution in [0.15, 0.2) is 24.4 Å². The summed E-state index contributed by atoms with van der Waals surface area (Å²) >= 11 is 0. The molecule has 2 aromatic rings. The number of ether oxygens (including phenoxy) is 2. The van der Waals surface area contributed by atoms with Gasteiger partial charge in [-0.15, -0.1) is 0 Å². The molecule has 3 aliphatic heterocycles. The number of halogens is 1. The molecule has 31 heavy (non-hydrogen) atoms. The fraction of sp³-hybridized carbons (Fsp3) is 0.565. The highest BCUT2D eigenvalue weighted by Crippen LogP contribution is 2.41. The third-order valence-corrected chi connectivity index (χ3v) is 6.45. The van der Waals surface area contributed by atoms with Crippen LogP contribution in [0.4, 0.5) is 21.8 Å². The summed E-state index contributed by atoms with van der Waals surface area (Å²) in [6.45, 7) is 9.44. The van der Waals surface area contributed by atoms with Crippen LogP contribution < -0.4 is 20.1 Å². The zero-order chi connectivity index (χ0) is 21.8. The molecular weight excluding hydrogens is 397 g/mol. The molecule has 0 saturated carbocycles. The standard InChI is InChI=1S/C23H30FN5O2/c1-22(2)12-15(10-16-6-5-9-29(16)22)26-20-17(24)13-25-21(28-20)27-14-7-8-18-19(11-14)31-23(3,4)30-18/h7-8,11,13,15-16H,5-6,9-10,12H2,1-4H3,(H2,25,26,27,28)/t15-,16+/m1/s1. The van der Waals surface area contributed by atoms with Gasteiger partial charge in [-0.05, 0) is 58.2 Å². The number of aromatic nitrogens is 2. The third-order valence-electron chi connectivity index (χ3n) is 6.45. The molecule has 1 aromatic heterocycles. The van der Waals surface area contributed by atoms with E-state index in [1.54, 1.807) is 0 Å². The minimum atomic E-state index is -0.687. The van der Waals surface area contributed by atoms with Gasteiger partial charge in [0.05, 0.1) is 6.20 Å². The normalized spacial score (nSPS) is 25.8. The van der Waals surface area contributed by atoms with E-state index < -0.39 is 11.6 Å². The number of nitrogens with one attached hydrogen (secondary N) is 2. The van der Waals surface area contributed by atoms with Gasteiger partial charge in [-0.3, -0.25) is 4.90 Å². The van der Waals surface area contributed by atoms with Crippen molar-refractivity contribution in [1.82, 2.24) is 14.9 Å². The Labute approximate surface area is 182 Å². The van der Waals surface area contributed by atoms with Crippen LogP contribution in [0.2, 0.25) is 0 Å². The Bertz CT molecular complexity index is 996. The van der Waals surface area contributed by atoms with E-state index in [1.165, 1.54) is 19.0 Å². The summed E-state index contributed by atoms with van der Waals surface area (Å²) in [6.07, 6.45) is 5.62. The molecule has 3 aliphatic rings. The first kappa shape index (κ1) is 20.3. The van der Waals surface area contributed by atoms with Gasteiger partial charge < -0.3 is 20.1 Å². The van der Waals surface area contributed by atoms with Gasteiger partial charge in [-0.2, -0.15) is 4.98 Å². The maximum Gasteiger partial charge on any atom is 0.246 e. The number of hydrogen-bond donors (Lipinski definition) is 2. The Morgan fingerprint density at radius 1 is 1.16 bits per heavy atom. The second kappa shape index (κ2) is 7.22. The second-order valence-corrected chi connectivity index (χ2v) is 9.86. The summed E-state index contributed by atoms with van der Waals surface area (Å²) < 4.78 is 26.0. The molecule has 166 valence electrons. The molecule has 0 aliphatic carbocycles. The van der Waals surface area contributed by atoms with Crippen LogP contribution in [0.25, 0.3) is 0 Å². The highest BCUT2D eigenvalue weighted by molar-refractivity contribution is 5.61. The average Bonchev–Trinajstić information content (AvgIpc) is 3.27. The molecule has 2 fully saturated rings. The molecule has 5 rings (SSSR count). The molecule has 0 amide bonds. The maximum atomic E-state index is 14.5. The molecule has 7 nitrogen and oxygen atoms in total. The first-order valence-electron chi connectivity index (χ1n) is 11.0. The van der Waals surface area contributed by atoms with Gasteiger partial charge in [-0.25, -0.2) is 9.37 Å². The Balaban J connectivity index is 1.31. The van der Waals surface area contributed by atoms with Crippen molar-refractivity contribution in [2.75, 3.05) is 17.2 Å². The van der Waals surface area contributed by atoms with Crippen LogP contribution in [-0.4, -0.2) is 44.8 Å². The molecule has 8 heteroatoms. The number of anilines is 3. The predicted octanol–water partition coefficient (Wildman–Crippen LogP) is 4.68. The van der Waals surface area contributed by atoms with E-state index in [0.29, 0.717) is 23.5 Å². The van der Waals surface area contributed by atoms with Gasteiger partial charge in [0.2, 0.25) is 11.7 Å². The Kier molecular flexibility index (Phi) is 4.73. The molecule has 0 unspecified atom stereocenters. The Morgan fingerprint density at radius 2 is 1.97 bits per heavy atom. The maximum absolute atomic E-state index is 14.5. The Hall–Kier alpha value is -2.61. The van der Waals surface area contributed by atoms with Crippen molar-refractivity contribution in [2.24, 2.45) is 0 Å². The van der Waals surface area contributed by atoms with Crippen LogP contribution in [-0.2, 0) is 0 Å². The van der Waals surface area contributed by atoms with E-state index in [-0.39, 0.29) is 17.4 Å². The second-order valence-electron chi connectivity index (χ2n) is 9.86. The lowest BCUT2D eigenvalue weighted by molar-refractivity contribution is -0.0431. The minimum Gasteiger partial charge on any atom is -0.449 e. The van der Waals surface area contributed by atoms with Crippen molar-refractivity contribution >= 4 is 17.5 Å². The number of hydrogen-bond acceptors (Lipinski definition) is 7. The topological polar surface area (TPSA) is 71.5 Å². The van der Waals surface area contributed by atoms with Gasteiger partial charge in [0.1, 0.15) is 0 Å². The molecule has 0 bridgehead atoms. The van der Waals surface area contributed by atoms with Gasteiger partial charge in [-0.1, -0.05) is 0 Å². The van der Waals surface area contributed by atoms with E-state index in [2.05, 4.69) is 39.3 Å². The molecule has 2 saturated heterocycles. The highest BCUT2D eigenvalue weighted by Gasteiger charge is 2.43. The molecule has 1 aromatic carbocycles. The van der Waals surface area contributed by atoms with Crippen LogP contribution >= 0.6 is 0 Å². The highest BCUT2D eigenvalue weighted by atomic mass is 19.1. The van der Waals surface area contributed by atoms with E-state index in [4.69, 9.17) is 9.47 Å². The van der Waals surface area contributed by atoms with Crippen molar-refractivity contribution in [3.05, 3.63) is 30.2 Å². The quantitative estimate of drug-likeness (QED) is 0.734. The van der Waals surface area contributed by atoms with Crippen LogP contribution in [0.1, 0.15) is 53.4 Å². The van der Waals surface area contributed by atoms with Crippen molar-refractivity contribution in [3.63, 3.8) is 0 Å². The number of benzene rings is 1. The number of piperidine rings is 1. The van der Waals surface area contributed by atoms with E-state index in [9.17, 15) is 4.39 Å². The lowest BCUT2D eigenvalue weighted by atomic mass is 9.84. The molecule has 0 radical (unpaired) electrons. The smallest absolute Gasteiger partial charge is 0.246 e. The molecule has 2 atom stereocenters. The van der Waals surface area contributed by atoms with E-state index >= 15 is 0 Å². The summed E-state index contributed by atoms with van der Waals surface area (Å²) in [4.78, 5) is 11.1. The molecule has 4 heterocycles. The predicted molar refractivity (Wildman–Crippen MR) is 118 cm³/mol. The zero-order valence-electron chi connectivity index (χ0n) is 18.5. The monoisotopic (exact) mass is 427 g/mol. The number of fused-ring (bicyclic) bond motifs is 2. The summed E-state index contributed by atoms with van der Waals surface area (Å²) in [5, 5.41) is 6.50. The molecular formula is C23H30FN5O2. The van der Waals surface area contributed by atoms with E-state index in [0.717, 1.165) is 25.1 Å².